The lowest BCUT2D eigenvalue weighted by Gasteiger charge is -2.14. The van der Waals surface area contributed by atoms with Crippen LogP contribution in [0.15, 0.2) is 40.3 Å². The average molecular weight is 413 g/mol. The van der Waals surface area contributed by atoms with Crippen LogP contribution >= 0.6 is 23.1 Å². The Balaban J connectivity index is 1.73. The number of aryl methyl sites for hydroxylation is 2. The second kappa shape index (κ2) is 7.37. The molecule has 0 radical (unpaired) electrons. The molecule has 1 saturated heterocycles. The Morgan fingerprint density at radius 1 is 1.11 bits per heavy atom. The van der Waals surface area contributed by atoms with Gasteiger partial charge in [0.15, 0.2) is 5.16 Å². The van der Waals surface area contributed by atoms with Crippen molar-refractivity contribution in [3.05, 3.63) is 51.1 Å². The molecule has 1 aliphatic carbocycles. The van der Waals surface area contributed by atoms with Gasteiger partial charge in [-0.15, -0.1) is 11.3 Å². The highest BCUT2D eigenvalue weighted by Crippen LogP contribution is 2.36. The SMILES string of the molecule is O=C1OCC[C@H]1Sc1nc2sc3c(c2c(=O)n1-c1ccccc1)CCCCC3. The highest BCUT2D eigenvalue weighted by atomic mass is 32.2. The Morgan fingerprint density at radius 2 is 1.93 bits per heavy atom. The van der Waals surface area contributed by atoms with Gasteiger partial charge in [0, 0.05) is 11.3 Å². The normalized spacial score (nSPS) is 19.4. The van der Waals surface area contributed by atoms with Gasteiger partial charge in [-0.05, 0) is 43.4 Å². The molecule has 5 rings (SSSR count). The first-order valence-corrected chi connectivity index (χ1v) is 11.4. The maximum atomic E-state index is 13.7. The molecule has 0 amide bonds. The van der Waals surface area contributed by atoms with Crippen molar-refractivity contribution < 1.29 is 9.53 Å². The van der Waals surface area contributed by atoms with Gasteiger partial charge in [0.2, 0.25) is 0 Å². The Kier molecular flexibility index (Phi) is 4.72. The summed E-state index contributed by atoms with van der Waals surface area (Å²) in [7, 11) is 0. The quantitative estimate of drug-likeness (QED) is 0.368. The summed E-state index contributed by atoms with van der Waals surface area (Å²) in [6.45, 7) is 0.432. The monoisotopic (exact) mass is 412 g/mol. The molecule has 3 heterocycles. The van der Waals surface area contributed by atoms with Crippen molar-refractivity contribution in [2.45, 2.75) is 48.9 Å². The second-order valence-electron chi connectivity index (χ2n) is 7.18. The Bertz CT molecular complexity index is 1100. The fourth-order valence-corrected chi connectivity index (χ4v) is 6.34. The van der Waals surface area contributed by atoms with E-state index in [1.807, 2.05) is 30.3 Å². The maximum Gasteiger partial charge on any atom is 0.319 e. The molecule has 2 aliphatic rings. The number of esters is 1. The summed E-state index contributed by atoms with van der Waals surface area (Å²) < 4.78 is 6.79. The highest BCUT2D eigenvalue weighted by Gasteiger charge is 2.30. The third kappa shape index (κ3) is 3.06. The Labute approximate surface area is 170 Å². The molecule has 3 aromatic rings. The number of hydrogen-bond acceptors (Lipinski definition) is 6. The lowest BCUT2D eigenvalue weighted by molar-refractivity contribution is -0.137. The van der Waals surface area contributed by atoms with E-state index in [0.29, 0.717) is 18.2 Å². The van der Waals surface area contributed by atoms with Crippen molar-refractivity contribution in [2.24, 2.45) is 0 Å². The molecule has 1 fully saturated rings. The summed E-state index contributed by atoms with van der Waals surface area (Å²) in [5.74, 6) is -0.221. The molecule has 0 spiro atoms. The number of cyclic esters (lactones) is 1. The third-order valence-corrected chi connectivity index (χ3v) is 7.74. The third-order valence-electron chi connectivity index (χ3n) is 5.36. The number of carbonyl (C=O) groups is 1. The van der Waals surface area contributed by atoms with Gasteiger partial charge in [-0.1, -0.05) is 36.4 Å². The summed E-state index contributed by atoms with van der Waals surface area (Å²) >= 11 is 2.99. The number of para-hydroxylation sites is 1. The zero-order valence-electron chi connectivity index (χ0n) is 15.3. The number of hydrogen-bond donors (Lipinski definition) is 0. The van der Waals surface area contributed by atoms with E-state index in [1.54, 1.807) is 15.9 Å². The number of carbonyl (C=O) groups excluding carboxylic acids is 1. The van der Waals surface area contributed by atoms with Gasteiger partial charge >= 0.3 is 5.97 Å². The summed E-state index contributed by atoms with van der Waals surface area (Å²) in [6, 6.07) is 9.59. The highest BCUT2D eigenvalue weighted by molar-refractivity contribution is 8.00. The van der Waals surface area contributed by atoms with Crippen LogP contribution in [-0.2, 0) is 22.4 Å². The van der Waals surface area contributed by atoms with E-state index in [4.69, 9.17) is 9.72 Å². The average Bonchev–Trinajstić information content (AvgIpc) is 3.18. The van der Waals surface area contributed by atoms with Crippen LogP contribution in [-0.4, -0.2) is 27.4 Å². The second-order valence-corrected chi connectivity index (χ2v) is 9.43. The summed E-state index contributed by atoms with van der Waals surface area (Å²) in [5, 5.41) is 1.03. The Hall–Kier alpha value is -2.12. The van der Waals surface area contributed by atoms with E-state index in [0.717, 1.165) is 35.2 Å². The molecule has 5 nitrogen and oxygen atoms in total. The number of thiophene rings is 1. The molecular weight excluding hydrogens is 392 g/mol. The van der Waals surface area contributed by atoms with Gasteiger partial charge in [0.05, 0.1) is 17.7 Å². The molecule has 1 atom stereocenters. The van der Waals surface area contributed by atoms with Crippen LogP contribution < -0.4 is 5.56 Å². The van der Waals surface area contributed by atoms with E-state index in [-0.39, 0.29) is 16.8 Å². The summed E-state index contributed by atoms with van der Waals surface area (Å²) in [6.07, 6.45) is 6.12. The number of aromatic nitrogens is 2. The fraction of sp³-hybridized carbons (Fsp3) is 0.381. The molecule has 1 aromatic carbocycles. The molecule has 0 bridgehead atoms. The Morgan fingerprint density at radius 3 is 2.71 bits per heavy atom. The molecule has 0 N–H and O–H groups in total. The van der Waals surface area contributed by atoms with E-state index in [2.05, 4.69) is 0 Å². The van der Waals surface area contributed by atoms with E-state index in [1.165, 1.54) is 35.0 Å². The number of fused-ring (bicyclic) bond motifs is 3. The number of ether oxygens (including phenoxy) is 1. The van der Waals surface area contributed by atoms with Crippen molar-refractivity contribution in [1.29, 1.82) is 0 Å². The van der Waals surface area contributed by atoms with E-state index < -0.39 is 0 Å². The van der Waals surface area contributed by atoms with Gasteiger partial charge in [-0.3, -0.25) is 14.2 Å². The van der Waals surface area contributed by atoms with Crippen molar-refractivity contribution >= 4 is 39.3 Å². The molecule has 7 heteroatoms. The fourth-order valence-electron chi connectivity index (χ4n) is 3.96. The molecule has 0 unspecified atom stereocenters. The maximum absolute atomic E-state index is 13.7. The topological polar surface area (TPSA) is 61.2 Å². The smallest absolute Gasteiger partial charge is 0.319 e. The number of nitrogens with zero attached hydrogens (tertiary/aromatic N) is 2. The molecule has 2 aromatic heterocycles. The van der Waals surface area contributed by atoms with Crippen LogP contribution in [0.5, 0.6) is 0 Å². The van der Waals surface area contributed by atoms with Gasteiger partial charge in [-0.25, -0.2) is 4.98 Å². The minimum Gasteiger partial charge on any atom is -0.465 e. The minimum atomic E-state index is -0.308. The van der Waals surface area contributed by atoms with E-state index in [9.17, 15) is 9.59 Å². The van der Waals surface area contributed by atoms with Crippen LogP contribution in [0.2, 0.25) is 0 Å². The lowest BCUT2D eigenvalue weighted by Crippen LogP contribution is -2.23. The molecular formula is C21H20N2O3S2. The van der Waals surface area contributed by atoms with Gasteiger partial charge in [0.1, 0.15) is 10.1 Å². The standard InChI is InChI=1S/C21H20N2O3S2/c24-19-17-14-9-5-2-6-10-15(14)27-18(17)22-21(28-16-11-12-26-20(16)25)23(19)13-7-3-1-4-8-13/h1,3-4,7-8,16H,2,5-6,9-12H2/t16-/m1/s1. The van der Waals surface area contributed by atoms with Crippen LogP contribution in [0.1, 0.15) is 36.1 Å². The van der Waals surface area contributed by atoms with Crippen LogP contribution in [0.4, 0.5) is 0 Å². The number of thioether (sulfide) groups is 1. The van der Waals surface area contributed by atoms with Crippen LogP contribution in [0.3, 0.4) is 0 Å². The first kappa shape index (κ1) is 17.9. The number of rotatable bonds is 3. The first-order valence-electron chi connectivity index (χ1n) is 9.68. The zero-order valence-corrected chi connectivity index (χ0v) is 17.0. The van der Waals surface area contributed by atoms with Crippen molar-refractivity contribution in [2.75, 3.05) is 6.61 Å². The minimum absolute atomic E-state index is 0.0236. The molecule has 28 heavy (non-hydrogen) atoms. The van der Waals surface area contributed by atoms with Crippen molar-refractivity contribution in [3.8, 4) is 5.69 Å². The predicted octanol–water partition coefficient (Wildman–Crippen LogP) is 4.12. The lowest BCUT2D eigenvalue weighted by atomic mass is 10.1. The summed E-state index contributed by atoms with van der Waals surface area (Å²) in [4.78, 5) is 32.7. The van der Waals surface area contributed by atoms with Crippen LogP contribution in [0.25, 0.3) is 15.9 Å². The van der Waals surface area contributed by atoms with Crippen molar-refractivity contribution in [1.82, 2.24) is 9.55 Å². The molecule has 1 aliphatic heterocycles. The zero-order chi connectivity index (χ0) is 19.1. The molecule has 0 saturated carbocycles. The van der Waals surface area contributed by atoms with Gasteiger partial charge in [0.25, 0.3) is 5.56 Å². The predicted molar refractivity (Wildman–Crippen MR) is 112 cm³/mol. The largest absolute Gasteiger partial charge is 0.465 e. The van der Waals surface area contributed by atoms with Crippen molar-refractivity contribution in [3.63, 3.8) is 0 Å². The van der Waals surface area contributed by atoms with Gasteiger partial charge in [-0.2, -0.15) is 0 Å². The summed E-state index contributed by atoms with van der Waals surface area (Å²) in [5.41, 5.74) is 1.95. The number of benzene rings is 1. The first-order chi connectivity index (χ1) is 13.7. The van der Waals surface area contributed by atoms with Gasteiger partial charge < -0.3 is 4.74 Å². The molecule has 144 valence electrons. The van der Waals surface area contributed by atoms with E-state index >= 15 is 0 Å². The van der Waals surface area contributed by atoms with Crippen LogP contribution in [0, 0.1) is 0 Å².